The van der Waals surface area contributed by atoms with Gasteiger partial charge in [-0.15, -0.1) is 0 Å². The van der Waals surface area contributed by atoms with Gasteiger partial charge in [0.25, 0.3) is 5.91 Å². The van der Waals surface area contributed by atoms with E-state index in [1.54, 1.807) is 41.3 Å². The fourth-order valence-corrected chi connectivity index (χ4v) is 3.28. The van der Waals surface area contributed by atoms with E-state index in [1.165, 1.54) is 6.92 Å². The Morgan fingerprint density at radius 2 is 1.81 bits per heavy atom. The van der Waals surface area contributed by atoms with Crippen molar-refractivity contribution in [3.8, 4) is 0 Å². The van der Waals surface area contributed by atoms with Crippen LogP contribution in [0.25, 0.3) is 0 Å². The summed E-state index contributed by atoms with van der Waals surface area (Å²) in [4.78, 5) is 38.0. The predicted octanol–water partition coefficient (Wildman–Crippen LogP) is 3.99. The van der Waals surface area contributed by atoms with E-state index in [1.807, 2.05) is 6.92 Å². The molecule has 1 saturated heterocycles. The summed E-state index contributed by atoms with van der Waals surface area (Å²) < 4.78 is 0. The Kier molecular flexibility index (Phi) is 5.46. The number of rotatable bonds is 4. The van der Waals surface area contributed by atoms with Gasteiger partial charge in [-0.1, -0.05) is 17.7 Å². The highest BCUT2D eigenvalue weighted by Crippen LogP contribution is 2.30. The summed E-state index contributed by atoms with van der Waals surface area (Å²) in [5, 5.41) is 6.07. The van der Waals surface area contributed by atoms with E-state index in [2.05, 4.69) is 10.6 Å². The van der Waals surface area contributed by atoms with E-state index in [4.69, 9.17) is 11.6 Å². The molecule has 0 spiro atoms. The lowest BCUT2D eigenvalue weighted by atomic mass is 10.1. The maximum atomic E-state index is 12.9. The number of benzene rings is 2. The second-order valence-corrected chi connectivity index (χ2v) is 6.86. The topological polar surface area (TPSA) is 78.5 Å². The molecule has 1 heterocycles. The van der Waals surface area contributed by atoms with Crippen molar-refractivity contribution in [2.45, 2.75) is 26.7 Å². The summed E-state index contributed by atoms with van der Waals surface area (Å²) in [6.45, 7) is 3.81. The summed E-state index contributed by atoms with van der Waals surface area (Å²) in [5.41, 5.74) is 2.84. The van der Waals surface area contributed by atoms with Crippen molar-refractivity contribution in [1.82, 2.24) is 0 Å². The third-order valence-corrected chi connectivity index (χ3v) is 4.70. The molecule has 3 rings (SSSR count). The number of carbonyl (C=O) groups is 3. The van der Waals surface area contributed by atoms with Gasteiger partial charge in [-0.05, 0) is 49.2 Å². The van der Waals surface area contributed by atoms with Crippen molar-refractivity contribution >= 4 is 46.4 Å². The molecule has 6 nitrogen and oxygen atoms in total. The molecule has 2 aromatic carbocycles. The zero-order valence-corrected chi connectivity index (χ0v) is 15.9. The van der Waals surface area contributed by atoms with Crippen LogP contribution in [0.4, 0.5) is 17.1 Å². The number of halogens is 1. The molecule has 3 amide bonds. The molecular weight excluding hydrogens is 366 g/mol. The minimum atomic E-state index is -0.343. The predicted molar refractivity (Wildman–Crippen MR) is 106 cm³/mol. The van der Waals surface area contributed by atoms with Gasteiger partial charge in [0, 0.05) is 36.3 Å². The summed E-state index contributed by atoms with van der Waals surface area (Å²) in [6.07, 6.45) is 1.22. The van der Waals surface area contributed by atoms with Crippen molar-refractivity contribution in [2.24, 2.45) is 0 Å². The van der Waals surface area contributed by atoms with Crippen LogP contribution in [0.15, 0.2) is 36.4 Å². The van der Waals surface area contributed by atoms with Crippen LogP contribution in [-0.2, 0) is 9.59 Å². The molecule has 27 heavy (non-hydrogen) atoms. The Balaban J connectivity index is 1.91. The number of nitrogens with zero attached hydrogens (tertiary/aromatic N) is 1. The standard InChI is InChI=1S/C20H20ClN3O3/c1-12-16(22-13(2)25)5-3-6-17(12)23-20(27)15-9-8-14(21)11-18(15)24-10-4-7-19(24)26/h3,5-6,8-9,11H,4,7,10H2,1-2H3,(H,22,25)(H,23,27). The molecule has 7 heteroatoms. The molecule has 0 aromatic heterocycles. The number of nitrogens with one attached hydrogen (secondary N) is 2. The molecule has 0 radical (unpaired) electrons. The summed E-state index contributed by atoms with van der Waals surface area (Å²) in [7, 11) is 0. The summed E-state index contributed by atoms with van der Waals surface area (Å²) >= 11 is 6.09. The van der Waals surface area contributed by atoms with Crippen molar-refractivity contribution in [2.75, 3.05) is 22.1 Å². The maximum absolute atomic E-state index is 12.9. The molecule has 0 bridgehead atoms. The molecule has 2 N–H and O–H groups in total. The molecular formula is C20H20ClN3O3. The smallest absolute Gasteiger partial charge is 0.257 e. The van der Waals surface area contributed by atoms with Crippen LogP contribution in [0.3, 0.4) is 0 Å². The second-order valence-electron chi connectivity index (χ2n) is 6.42. The second kappa shape index (κ2) is 7.80. The number of carbonyl (C=O) groups excluding carboxylic acids is 3. The molecule has 0 unspecified atom stereocenters. The number of hydrogen-bond donors (Lipinski definition) is 2. The Morgan fingerprint density at radius 1 is 1.11 bits per heavy atom. The highest BCUT2D eigenvalue weighted by molar-refractivity contribution is 6.31. The average molecular weight is 386 g/mol. The van der Waals surface area contributed by atoms with Crippen molar-refractivity contribution < 1.29 is 14.4 Å². The zero-order valence-electron chi connectivity index (χ0n) is 15.1. The molecule has 140 valence electrons. The molecule has 1 aliphatic heterocycles. The largest absolute Gasteiger partial charge is 0.326 e. The third kappa shape index (κ3) is 4.11. The van der Waals surface area contributed by atoms with Crippen LogP contribution in [0, 0.1) is 6.92 Å². The Hall–Kier alpha value is -2.86. The fourth-order valence-electron chi connectivity index (χ4n) is 3.11. The minimum absolute atomic E-state index is 0.0184. The van der Waals surface area contributed by atoms with Crippen LogP contribution in [-0.4, -0.2) is 24.3 Å². The van der Waals surface area contributed by atoms with Crippen LogP contribution >= 0.6 is 11.6 Å². The number of amides is 3. The van der Waals surface area contributed by atoms with Crippen molar-refractivity contribution in [3.05, 3.63) is 52.5 Å². The minimum Gasteiger partial charge on any atom is -0.326 e. The number of hydrogen-bond acceptors (Lipinski definition) is 3. The van der Waals surface area contributed by atoms with E-state index in [9.17, 15) is 14.4 Å². The van der Waals surface area contributed by atoms with Gasteiger partial charge in [-0.2, -0.15) is 0 Å². The average Bonchev–Trinajstić information content (AvgIpc) is 3.03. The van der Waals surface area contributed by atoms with Gasteiger partial charge in [0.2, 0.25) is 11.8 Å². The van der Waals surface area contributed by atoms with Gasteiger partial charge in [-0.3, -0.25) is 14.4 Å². The van der Waals surface area contributed by atoms with E-state index in [-0.39, 0.29) is 17.7 Å². The van der Waals surface area contributed by atoms with Crippen molar-refractivity contribution in [1.29, 1.82) is 0 Å². The molecule has 0 aliphatic carbocycles. The lowest BCUT2D eigenvalue weighted by molar-refractivity contribution is -0.117. The van der Waals surface area contributed by atoms with E-state index < -0.39 is 0 Å². The van der Waals surface area contributed by atoms with Crippen LogP contribution in [0.1, 0.15) is 35.7 Å². The lowest BCUT2D eigenvalue weighted by Gasteiger charge is -2.20. The zero-order chi connectivity index (χ0) is 19.6. The summed E-state index contributed by atoms with van der Waals surface area (Å²) in [5.74, 6) is -0.547. The van der Waals surface area contributed by atoms with E-state index in [0.717, 1.165) is 12.0 Å². The normalized spacial score (nSPS) is 13.6. The first kappa shape index (κ1) is 18.9. The Bertz CT molecular complexity index is 927. The molecule has 0 saturated carbocycles. The number of anilines is 3. The van der Waals surface area contributed by atoms with Gasteiger partial charge in [0.05, 0.1) is 11.3 Å². The van der Waals surface area contributed by atoms with E-state index >= 15 is 0 Å². The molecule has 2 aromatic rings. The Morgan fingerprint density at radius 3 is 2.44 bits per heavy atom. The SMILES string of the molecule is CC(=O)Nc1cccc(NC(=O)c2ccc(Cl)cc2N2CCCC2=O)c1C. The highest BCUT2D eigenvalue weighted by atomic mass is 35.5. The quantitative estimate of drug-likeness (QED) is 0.835. The molecule has 1 aliphatic rings. The van der Waals surface area contributed by atoms with Gasteiger partial charge in [0.15, 0.2) is 0 Å². The molecule has 0 atom stereocenters. The van der Waals surface area contributed by atoms with Gasteiger partial charge >= 0.3 is 0 Å². The van der Waals surface area contributed by atoms with Gasteiger partial charge in [-0.25, -0.2) is 0 Å². The van der Waals surface area contributed by atoms with Crippen LogP contribution < -0.4 is 15.5 Å². The highest BCUT2D eigenvalue weighted by Gasteiger charge is 2.26. The first-order valence-electron chi connectivity index (χ1n) is 8.65. The first-order valence-corrected chi connectivity index (χ1v) is 9.03. The van der Waals surface area contributed by atoms with Crippen LogP contribution in [0.2, 0.25) is 5.02 Å². The van der Waals surface area contributed by atoms with E-state index in [0.29, 0.717) is 40.6 Å². The van der Waals surface area contributed by atoms with Crippen LogP contribution in [0.5, 0.6) is 0 Å². The summed E-state index contributed by atoms with van der Waals surface area (Å²) in [6, 6.07) is 10.2. The fraction of sp³-hybridized carbons (Fsp3) is 0.250. The lowest BCUT2D eigenvalue weighted by Crippen LogP contribution is -2.27. The van der Waals surface area contributed by atoms with Gasteiger partial charge < -0.3 is 15.5 Å². The first-order chi connectivity index (χ1) is 12.9. The maximum Gasteiger partial charge on any atom is 0.257 e. The monoisotopic (exact) mass is 385 g/mol. The Labute approximate surface area is 162 Å². The van der Waals surface area contributed by atoms with Crippen molar-refractivity contribution in [3.63, 3.8) is 0 Å². The third-order valence-electron chi connectivity index (χ3n) is 4.46. The molecule has 1 fully saturated rings. The van der Waals surface area contributed by atoms with Gasteiger partial charge in [0.1, 0.15) is 0 Å².